The Kier molecular flexibility index (Phi) is 3.56. The largest absolute Gasteiger partial charge is 0.478 e. The Morgan fingerprint density at radius 2 is 1.80 bits per heavy atom. The molecule has 3 N–H and O–H groups in total. The number of nitrogens with zero attached hydrogens (tertiary/aromatic N) is 1. The first kappa shape index (κ1) is 13.8. The molecule has 6 heteroatoms. The molecule has 0 spiro atoms. The summed E-state index contributed by atoms with van der Waals surface area (Å²) >= 11 is 0. The first-order valence-corrected chi connectivity index (χ1v) is 5.72. The molecule has 0 aromatic heterocycles. The van der Waals surface area contributed by atoms with Gasteiger partial charge in [0.2, 0.25) is 0 Å². The van der Waals surface area contributed by atoms with Crippen molar-refractivity contribution < 1.29 is 18.7 Å². The Bertz CT molecular complexity index is 674. The fourth-order valence-corrected chi connectivity index (χ4v) is 1.87. The maximum atomic E-state index is 13.9. The van der Waals surface area contributed by atoms with E-state index < -0.39 is 17.6 Å². The maximum absolute atomic E-state index is 13.9. The number of anilines is 3. The molecule has 4 nitrogen and oxygen atoms in total. The zero-order valence-corrected chi connectivity index (χ0v) is 10.6. The van der Waals surface area contributed by atoms with Gasteiger partial charge < -0.3 is 15.7 Å². The number of hydrogen-bond acceptors (Lipinski definition) is 3. The average Bonchev–Trinajstić information content (AvgIpc) is 2.38. The van der Waals surface area contributed by atoms with E-state index in [1.807, 2.05) is 0 Å². The fourth-order valence-electron chi connectivity index (χ4n) is 1.87. The summed E-state index contributed by atoms with van der Waals surface area (Å²) < 4.78 is 27.6. The van der Waals surface area contributed by atoms with Gasteiger partial charge in [-0.05, 0) is 24.3 Å². The van der Waals surface area contributed by atoms with E-state index in [-0.39, 0.29) is 22.6 Å². The van der Waals surface area contributed by atoms with Crippen molar-refractivity contribution in [3.8, 4) is 0 Å². The summed E-state index contributed by atoms with van der Waals surface area (Å²) in [5.74, 6) is -2.54. The van der Waals surface area contributed by atoms with E-state index >= 15 is 0 Å². The van der Waals surface area contributed by atoms with Crippen molar-refractivity contribution in [1.29, 1.82) is 0 Å². The van der Waals surface area contributed by atoms with Gasteiger partial charge in [0.15, 0.2) is 0 Å². The number of carbonyl (C=O) groups is 1. The molecule has 0 aliphatic rings. The van der Waals surface area contributed by atoms with E-state index in [1.54, 1.807) is 6.07 Å². The zero-order chi connectivity index (χ0) is 14.9. The van der Waals surface area contributed by atoms with Gasteiger partial charge >= 0.3 is 5.97 Å². The van der Waals surface area contributed by atoms with Gasteiger partial charge in [0.25, 0.3) is 0 Å². The first-order valence-electron chi connectivity index (χ1n) is 5.72. The molecule has 0 unspecified atom stereocenters. The van der Waals surface area contributed by atoms with Crippen molar-refractivity contribution in [3.05, 3.63) is 53.6 Å². The zero-order valence-electron chi connectivity index (χ0n) is 10.6. The lowest BCUT2D eigenvalue weighted by atomic mass is 10.1. The number of halogens is 2. The summed E-state index contributed by atoms with van der Waals surface area (Å²) in [6, 6.07) is 7.80. The van der Waals surface area contributed by atoms with Crippen LogP contribution >= 0.6 is 0 Å². The Labute approximate surface area is 114 Å². The lowest BCUT2D eigenvalue weighted by Crippen LogP contribution is -2.15. The first-order chi connectivity index (χ1) is 9.41. The van der Waals surface area contributed by atoms with Crippen molar-refractivity contribution in [2.75, 3.05) is 17.7 Å². The van der Waals surface area contributed by atoms with Crippen LogP contribution in [0.3, 0.4) is 0 Å². The SMILES string of the molecule is CN(c1ccccc1F)c1cc(C(=O)O)c(N)cc1F. The number of nitrogens with two attached hydrogens (primary N) is 1. The molecule has 20 heavy (non-hydrogen) atoms. The van der Waals surface area contributed by atoms with Crippen molar-refractivity contribution >= 4 is 23.0 Å². The van der Waals surface area contributed by atoms with E-state index in [4.69, 9.17) is 10.8 Å². The number of carboxylic acid groups (broad SMARTS) is 1. The third kappa shape index (κ3) is 2.40. The van der Waals surface area contributed by atoms with Gasteiger partial charge in [-0.1, -0.05) is 12.1 Å². The van der Waals surface area contributed by atoms with Crippen molar-refractivity contribution in [2.24, 2.45) is 0 Å². The van der Waals surface area contributed by atoms with E-state index in [2.05, 4.69) is 0 Å². The van der Waals surface area contributed by atoms with Gasteiger partial charge in [-0.15, -0.1) is 0 Å². The molecule has 2 rings (SSSR count). The third-order valence-electron chi connectivity index (χ3n) is 2.92. The molecular formula is C14H12F2N2O2. The second kappa shape index (κ2) is 5.16. The lowest BCUT2D eigenvalue weighted by Gasteiger charge is -2.21. The van der Waals surface area contributed by atoms with Gasteiger partial charge in [0, 0.05) is 12.7 Å². The van der Waals surface area contributed by atoms with Crippen LogP contribution in [-0.4, -0.2) is 18.1 Å². The molecule has 104 valence electrons. The predicted molar refractivity (Wildman–Crippen MR) is 72.2 cm³/mol. The predicted octanol–water partition coefficient (Wildman–Crippen LogP) is 3.01. The van der Waals surface area contributed by atoms with E-state index in [1.165, 1.54) is 30.1 Å². The van der Waals surface area contributed by atoms with E-state index in [0.717, 1.165) is 12.1 Å². The molecule has 2 aromatic rings. The summed E-state index contributed by atoms with van der Waals surface area (Å²) in [5, 5.41) is 8.99. The summed E-state index contributed by atoms with van der Waals surface area (Å²) in [4.78, 5) is 12.2. The fraction of sp³-hybridized carbons (Fsp3) is 0.0714. The number of para-hydroxylation sites is 1. The molecule has 0 atom stereocenters. The molecule has 0 radical (unpaired) electrons. The van der Waals surface area contributed by atoms with Crippen LogP contribution < -0.4 is 10.6 Å². The van der Waals surface area contributed by atoms with Gasteiger partial charge in [-0.2, -0.15) is 0 Å². The highest BCUT2D eigenvalue weighted by atomic mass is 19.1. The molecule has 0 amide bonds. The van der Waals surface area contributed by atoms with Gasteiger partial charge in [-0.3, -0.25) is 0 Å². The van der Waals surface area contributed by atoms with Gasteiger partial charge in [-0.25, -0.2) is 13.6 Å². The molecule has 2 aromatic carbocycles. The summed E-state index contributed by atoms with van der Waals surface area (Å²) in [6.07, 6.45) is 0. The number of carboxylic acids is 1. The van der Waals surface area contributed by atoms with Crippen LogP contribution in [0.4, 0.5) is 25.8 Å². The second-order valence-corrected chi connectivity index (χ2v) is 4.21. The van der Waals surface area contributed by atoms with Crippen molar-refractivity contribution in [1.82, 2.24) is 0 Å². The second-order valence-electron chi connectivity index (χ2n) is 4.21. The van der Waals surface area contributed by atoms with Crippen LogP contribution in [0.15, 0.2) is 36.4 Å². The summed E-state index contributed by atoms with van der Waals surface area (Å²) in [7, 11) is 1.44. The van der Waals surface area contributed by atoms with E-state index in [0.29, 0.717) is 0 Å². The van der Waals surface area contributed by atoms with Crippen molar-refractivity contribution in [2.45, 2.75) is 0 Å². The van der Waals surface area contributed by atoms with Crippen LogP contribution in [0.25, 0.3) is 0 Å². The number of benzene rings is 2. The lowest BCUT2D eigenvalue weighted by molar-refractivity contribution is 0.0698. The molecule has 0 bridgehead atoms. The minimum Gasteiger partial charge on any atom is -0.478 e. The number of aromatic carboxylic acids is 1. The van der Waals surface area contributed by atoms with Gasteiger partial charge in [0.1, 0.15) is 11.6 Å². The monoisotopic (exact) mass is 278 g/mol. The highest BCUT2D eigenvalue weighted by Gasteiger charge is 2.18. The van der Waals surface area contributed by atoms with Crippen LogP contribution in [-0.2, 0) is 0 Å². The number of nitrogen functional groups attached to an aromatic ring is 1. The van der Waals surface area contributed by atoms with Crippen LogP contribution in [0.2, 0.25) is 0 Å². The maximum Gasteiger partial charge on any atom is 0.337 e. The van der Waals surface area contributed by atoms with Crippen LogP contribution in [0.1, 0.15) is 10.4 Å². The highest BCUT2D eigenvalue weighted by molar-refractivity contribution is 5.95. The molecule has 0 aliphatic heterocycles. The standard InChI is InChI=1S/C14H12F2N2O2/c1-18(12-5-3-2-4-9(12)15)13-6-8(14(19)20)11(17)7-10(13)16/h2-7H,17H2,1H3,(H,19,20). The Morgan fingerprint density at radius 1 is 1.15 bits per heavy atom. The topological polar surface area (TPSA) is 66.6 Å². The Hall–Kier alpha value is -2.63. The summed E-state index contributed by atoms with van der Waals surface area (Å²) in [5.41, 5.74) is 5.10. The minimum absolute atomic E-state index is 0.0679. The van der Waals surface area contributed by atoms with Crippen LogP contribution in [0, 0.1) is 11.6 Å². The summed E-state index contributed by atoms with van der Waals surface area (Å²) in [6.45, 7) is 0. The normalized spacial score (nSPS) is 10.3. The molecule has 0 aliphatic carbocycles. The minimum atomic E-state index is -1.27. The van der Waals surface area contributed by atoms with Gasteiger partial charge in [0.05, 0.1) is 16.9 Å². The van der Waals surface area contributed by atoms with Crippen molar-refractivity contribution in [3.63, 3.8) is 0 Å². The van der Waals surface area contributed by atoms with Crippen LogP contribution in [0.5, 0.6) is 0 Å². The Morgan fingerprint density at radius 3 is 2.40 bits per heavy atom. The molecular weight excluding hydrogens is 266 g/mol. The smallest absolute Gasteiger partial charge is 0.337 e. The average molecular weight is 278 g/mol. The molecule has 0 fully saturated rings. The number of hydrogen-bond donors (Lipinski definition) is 2. The quantitative estimate of drug-likeness (QED) is 0.847. The highest BCUT2D eigenvalue weighted by Crippen LogP contribution is 2.31. The molecule has 0 heterocycles. The molecule has 0 saturated heterocycles. The third-order valence-corrected chi connectivity index (χ3v) is 2.92. The Balaban J connectivity index is 2.55. The molecule has 0 saturated carbocycles. The van der Waals surface area contributed by atoms with E-state index in [9.17, 15) is 13.6 Å². The number of rotatable bonds is 3.